The van der Waals surface area contributed by atoms with E-state index in [4.69, 9.17) is 0 Å². The van der Waals surface area contributed by atoms with Crippen LogP contribution in [0.25, 0.3) is 0 Å². The van der Waals surface area contributed by atoms with Crippen molar-refractivity contribution in [3.05, 3.63) is 94.5 Å². The molecule has 7 nitrogen and oxygen atoms in total. The van der Waals surface area contributed by atoms with Crippen LogP contribution in [-0.4, -0.2) is 43.8 Å². The van der Waals surface area contributed by atoms with Crippen LogP contribution in [0, 0.1) is 27.7 Å². The van der Waals surface area contributed by atoms with E-state index < -0.39 is 28.5 Å². The summed E-state index contributed by atoms with van der Waals surface area (Å²) in [5.74, 6) is -0.772. The highest BCUT2D eigenvalue weighted by Crippen LogP contribution is 2.27. The largest absolute Gasteiger partial charge is 0.352 e. The molecule has 39 heavy (non-hydrogen) atoms. The maximum Gasteiger partial charge on any atom is 0.264 e. The molecule has 0 aliphatic heterocycles. The summed E-state index contributed by atoms with van der Waals surface area (Å²) in [4.78, 5) is 28.6. The van der Waals surface area contributed by atoms with Gasteiger partial charge in [0.2, 0.25) is 11.8 Å². The quantitative estimate of drug-likeness (QED) is 0.383. The first kappa shape index (κ1) is 29.9. The van der Waals surface area contributed by atoms with E-state index in [0.717, 1.165) is 32.1 Å². The van der Waals surface area contributed by atoms with Crippen molar-refractivity contribution in [1.82, 2.24) is 10.2 Å². The van der Waals surface area contributed by atoms with Crippen LogP contribution in [0.15, 0.2) is 71.6 Å². The lowest BCUT2D eigenvalue weighted by Crippen LogP contribution is -2.52. The Labute approximate surface area is 232 Å². The van der Waals surface area contributed by atoms with E-state index in [9.17, 15) is 18.0 Å². The zero-order chi connectivity index (χ0) is 28.9. The van der Waals surface area contributed by atoms with E-state index in [1.807, 2.05) is 71.9 Å². The summed E-state index contributed by atoms with van der Waals surface area (Å²) in [5, 5.41) is 2.87. The molecular weight excluding hydrogens is 510 g/mol. The van der Waals surface area contributed by atoms with E-state index in [2.05, 4.69) is 5.32 Å². The Bertz CT molecular complexity index is 1410. The molecule has 0 heterocycles. The summed E-state index contributed by atoms with van der Waals surface area (Å²) in [7, 11) is -4.09. The van der Waals surface area contributed by atoms with Crippen LogP contribution in [0.2, 0.25) is 0 Å². The van der Waals surface area contributed by atoms with Gasteiger partial charge >= 0.3 is 0 Å². The third kappa shape index (κ3) is 7.47. The first-order chi connectivity index (χ1) is 18.3. The Morgan fingerprint density at radius 2 is 1.41 bits per heavy atom. The van der Waals surface area contributed by atoms with Crippen molar-refractivity contribution >= 4 is 27.5 Å². The molecule has 0 fully saturated rings. The van der Waals surface area contributed by atoms with Crippen molar-refractivity contribution in [3.8, 4) is 0 Å². The number of carbonyl (C=O) groups is 2. The van der Waals surface area contributed by atoms with Gasteiger partial charge in [0.15, 0.2) is 0 Å². The zero-order valence-corrected chi connectivity index (χ0v) is 24.7. The Morgan fingerprint density at radius 3 is 1.97 bits per heavy atom. The van der Waals surface area contributed by atoms with Crippen LogP contribution < -0.4 is 9.62 Å². The normalized spacial score (nSPS) is 12.2. The molecule has 0 saturated heterocycles. The zero-order valence-electron chi connectivity index (χ0n) is 23.9. The molecule has 3 aromatic rings. The van der Waals surface area contributed by atoms with E-state index >= 15 is 0 Å². The van der Waals surface area contributed by atoms with Gasteiger partial charge < -0.3 is 10.2 Å². The standard InChI is InChI=1S/C31H39N3O4S/c1-21(2)32-31(36)26(7)33(19-27-11-9-8-10-25(27)6)30(35)20-34(28-17-23(4)16-24(5)18-28)39(37,38)29-14-12-22(3)13-15-29/h8-18,21,26H,19-20H2,1-7H3,(H,32,36). The highest BCUT2D eigenvalue weighted by molar-refractivity contribution is 7.92. The molecule has 2 amide bonds. The summed E-state index contributed by atoms with van der Waals surface area (Å²) in [6.45, 7) is 12.7. The fourth-order valence-electron chi connectivity index (χ4n) is 4.42. The number of anilines is 1. The number of nitrogens with zero attached hydrogens (tertiary/aromatic N) is 2. The third-order valence-electron chi connectivity index (χ3n) is 6.58. The molecule has 1 N–H and O–H groups in total. The fraction of sp³-hybridized carbons (Fsp3) is 0.355. The lowest BCUT2D eigenvalue weighted by atomic mass is 10.1. The van der Waals surface area contributed by atoms with Crippen molar-refractivity contribution in [3.63, 3.8) is 0 Å². The smallest absolute Gasteiger partial charge is 0.264 e. The molecule has 0 spiro atoms. The molecule has 1 atom stereocenters. The molecule has 0 radical (unpaired) electrons. The monoisotopic (exact) mass is 549 g/mol. The Morgan fingerprint density at radius 1 is 0.821 bits per heavy atom. The summed E-state index contributed by atoms with van der Waals surface area (Å²) >= 11 is 0. The maximum atomic E-state index is 14.0. The number of nitrogens with one attached hydrogen (secondary N) is 1. The highest BCUT2D eigenvalue weighted by atomic mass is 32.2. The number of sulfonamides is 1. The molecule has 0 bridgehead atoms. The molecule has 0 aliphatic carbocycles. The molecule has 8 heteroatoms. The summed E-state index contributed by atoms with van der Waals surface area (Å²) in [6.07, 6.45) is 0. The van der Waals surface area contributed by atoms with Crippen LogP contribution in [0.3, 0.4) is 0 Å². The molecular formula is C31H39N3O4S. The molecule has 0 aromatic heterocycles. The van der Waals surface area contributed by atoms with Crippen molar-refractivity contribution in [1.29, 1.82) is 0 Å². The van der Waals surface area contributed by atoms with Gasteiger partial charge in [0.05, 0.1) is 10.6 Å². The molecule has 3 aromatic carbocycles. The maximum absolute atomic E-state index is 14.0. The second kappa shape index (κ2) is 12.5. The van der Waals surface area contributed by atoms with Gasteiger partial charge in [0, 0.05) is 12.6 Å². The summed E-state index contributed by atoms with van der Waals surface area (Å²) in [5.41, 5.74) is 4.94. The van der Waals surface area contributed by atoms with Crippen molar-refractivity contribution in [2.75, 3.05) is 10.8 Å². The lowest BCUT2D eigenvalue weighted by Gasteiger charge is -2.32. The minimum atomic E-state index is -4.09. The minimum absolute atomic E-state index is 0.0936. The average molecular weight is 550 g/mol. The predicted octanol–water partition coefficient (Wildman–Crippen LogP) is 5.06. The first-order valence-corrected chi connectivity index (χ1v) is 14.6. The number of rotatable bonds is 10. The van der Waals surface area contributed by atoms with Crippen molar-refractivity contribution in [2.45, 2.75) is 72.0 Å². The Hall–Kier alpha value is -3.65. The van der Waals surface area contributed by atoms with Gasteiger partial charge in [-0.1, -0.05) is 48.0 Å². The number of carbonyl (C=O) groups excluding carboxylic acids is 2. The number of amides is 2. The lowest BCUT2D eigenvalue weighted by molar-refractivity contribution is -0.139. The van der Waals surface area contributed by atoms with Crippen LogP contribution >= 0.6 is 0 Å². The molecule has 1 unspecified atom stereocenters. The second-order valence-electron chi connectivity index (χ2n) is 10.5. The highest BCUT2D eigenvalue weighted by Gasteiger charge is 2.33. The molecule has 208 valence electrons. The minimum Gasteiger partial charge on any atom is -0.352 e. The molecule has 3 rings (SSSR count). The van der Waals surface area contributed by atoms with Crippen LogP contribution in [0.1, 0.15) is 48.6 Å². The van der Waals surface area contributed by atoms with E-state index in [1.54, 1.807) is 43.3 Å². The van der Waals surface area contributed by atoms with Crippen molar-refractivity contribution < 1.29 is 18.0 Å². The van der Waals surface area contributed by atoms with Crippen LogP contribution in [-0.2, 0) is 26.2 Å². The van der Waals surface area contributed by atoms with Gasteiger partial charge in [-0.2, -0.15) is 0 Å². The average Bonchev–Trinajstić information content (AvgIpc) is 2.85. The van der Waals surface area contributed by atoms with Gasteiger partial charge in [0.1, 0.15) is 12.6 Å². The number of hydrogen-bond acceptors (Lipinski definition) is 4. The number of hydrogen-bond donors (Lipinski definition) is 1. The second-order valence-corrected chi connectivity index (χ2v) is 12.3. The van der Waals surface area contributed by atoms with Crippen molar-refractivity contribution in [2.24, 2.45) is 0 Å². The van der Waals surface area contributed by atoms with E-state index in [-0.39, 0.29) is 23.4 Å². The van der Waals surface area contributed by atoms with Crippen LogP contribution in [0.5, 0.6) is 0 Å². The summed E-state index contributed by atoms with van der Waals surface area (Å²) < 4.78 is 29.1. The third-order valence-corrected chi connectivity index (χ3v) is 8.37. The number of aryl methyl sites for hydroxylation is 4. The van der Waals surface area contributed by atoms with Gasteiger partial charge in [-0.25, -0.2) is 8.42 Å². The van der Waals surface area contributed by atoms with Gasteiger partial charge in [-0.05, 0) is 95.0 Å². The number of benzene rings is 3. The first-order valence-electron chi connectivity index (χ1n) is 13.1. The van der Waals surface area contributed by atoms with Crippen LogP contribution in [0.4, 0.5) is 5.69 Å². The molecule has 0 aliphatic rings. The van der Waals surface area contributed by atoms with Gasteiger partial charge in [0.25, 0.3) is 10.0 Å². The van der Waals surface area contributed by atoms with Gasteiger partial charge in [-0.3, -0.25) is 13.9 Å². The molecule has 0 saturated carbocycles. The Balaban J connectivity index is 2.08. The topological polar surface area (TPSA) is 86.8 Å². The predicted molar refractivity (Wildman–Crippen MR) is 156 cm³/mol. The SMILES string of the molecule is Cc1ccc(S(=O)(=O)N(CC(=O)N(Cc2ccccc2C)C(C)C(=O)NC(C)C)c2cc(C)cc(C)c2)cc1. The van der Waals surface area contributed by atoms with Gasteiger partial charge in [-0.15, -0.1) is 0 Å². The van der Waals surface area contributed by atoms with E-state index in [0.29, 0.717) is 5.69 Å². The summed E-state index contributed by atoms with van der Waals surface area (Å²) in [6, 6.07) is 18.8. The Kier molecular flexibility index (Phi) is 9.56. The van der Waals surface area contributed by atoms with E-state index in [1.165, 1.54) is 4.90 Å². The fourth-order valence-corrected chi connectivity index (χ4v) is 5.82.